The molecule has 7 nitrogen and oxygen atoms in total. The average Bonchev–Trinajstić information content (AvgIpc) is 2.95. The summed E-state index contributed by atoms with van der Waals surface area (Å²) in [5, 5.41) is 5.27. The minimum Gasteiger partial charge on any atom is -0.379 e. The van der Waals surface area contributed by atoms with Crippen molar-refractivity contribution in [2.24, 2.45) is 0 Å². The summed E-state index contributed by atoms with van der Waals surface area (Å²) in [5.74, 6) is -1.44. The van der Waals surface area contributed by atoms with Crippen LogP contribution in [0.3, 0.4) is 0 Å². The zero-order valence-corrected chi connectivity index (χ0v) is 23.7. The number of piperazine rings is 1. The SMILES string of the molecule is C=C1C=C(C(F)(F)F)C(C(=O)Nc2cc(-c3cccc(CN4CCOCC4)c3)c(F)cc2N2CCN(C)[C@H](C)C2)=CN1. The van der Waals surface area contributed by atoms with Gasteiger partial charge in [0.2, 0.25) is 0 Å². The van der Waals surface area contributed by atoms with Crippen molar-refractivity contribution in [3.05, 3.63) is 83.5 Å². The molecule has 2 N–H and O–H groups in total. The van der Waals surface area contributed by atoms with Crippen LogP contribution < -0.4 is 15.5 Å². The Kier molecular flexibility index (Phi) is 8.72. The maximum atomic E-state index is 15.8. The lowest BCUT2D eigenvalue weighted by molar-refractivity contribution is -0.115. The number of dihydropyridines is 1. The first-order valence-electron chi connectivity index (χ1n) is 13.9. The smallest absolute Gasteiger partial charge is 0.379 e. The number of halogens is 4. The topological polar surface area (TPSA) is 60.1 Å². The highest BCUT2D eigenvalue weighted by molar-refractivity contribution is 6.09. The molecule has 5 rings (SSSR count). The molecule has 3 aliphatic heterocycles. The highest BCUT2D eigenvalue weighted by atomic mass is 19.4. The van der Waals surface area contributed by atoms with E-state index in [4.69, 9.17) is 4.74 Å². The van der Waals surface area contributed by atoms with E-state index in [1.807, 2.05) is 37.1 Å². The molecule has 2 aromatic carbocycles. The van der Waals surface area contributed by atoms with Gasteiger partial charge in [0, 0.05) is 62.8 Å². The molecule has 1 amide bonds. The summed E-state index contributed by atoms with van der Waals surface area (Å²) in [4.78, 5) is 19.8. The third-order valence-electron chi connectivity index (χ3n) is 7.94. The molecule has 0 unspecified atom stereocenters. The van der Waals surface area contributed by atoms with Crippen LogP contribution in [-0.4, -0.2) is 80.9 Å². The lowest BCUT2D eigenvalue weighted by Crippen LogP contribution is -2.50. The van der Waals surface area contributed by atoms with Crippen LogP contribution in [0.2, 0.25) is 0 Å². The maximum absolute atomic E-state index is 15.8. The van der Waals surface area contributed by atoms with Crippen LogP contribution in [0.1, 0.15) is 12.5 Å². The quantitative estimate of drug-likeness (QED) is 0.471. The van der Waals surface area contributed by atoms with Gasteiger partial charge >= 0.3 is 6.18 Å². The van der Waals surface area contributed by atoms with E-state index in [0.717, 1.165) is 30.9 Å². The number of benzene rings is 2. The van der Waals surface area contributed by atoms with Gasteiger partial charge in [-0.3, -0.25) is 9.69 Å². The fourth-order valence-electron chi connectivity index (χ4n) is 5.42. The lowest BCUT2D eigenvalue weighted by Gasteiger charge is -2.39. The molecule has 11 heteroatoms. The number of alkyl halides is 3. The van der Waals surface area contributed by atoms with Crippen LogP contribution in [0, 0.1) is 5.82 Å². The number of ether oxygens (including phenoxy) is 1. The Bertz CT molecular complexity index is 1410. The Balaban J connectivity index is 1.50. The second-order valence-corrected chi connectivity index (χ2v) is 11.0. The van der Waals surface area contributed by atoms with E-state index in [0.29, 0.717) is 50.6 Å². The van der Waals surface area contributed by atoms with Gasteiger partial charge in [-0.2, -0.15) is 13.2 Å². The molecule has 0 spiro atoms. The fourth-order valence-corrected chi connectivity index (χ4v) is 5.42. The molecule has 0 bridgehead atoms. The number of hydrogen-bond acceptors (Lipinski definition) is 6. The van der Waals surface area contributed by atoms with Crippen LogP contribution in [-0.2, 0) is 16.1 Å². The number of carbonyl (C=O) groups excluding carboxylic acids is 1. The van der Waals surface area contributed by atoms with Crippen molar-refractivity contribution in [2.45, 2.75) is 25.7 Å². The molecule has 1 atom stereocenters. The molecule has 2 fully saturated rings. The summed E-state index contributed by atoms with van der Waals surface area (Å²) in [7, 11) is 2.00. The number of rotatable bonds is 6. The Morgan fingerprint density at radius 2 is 1.90 bits per heavy atom. The van der Waals surface area contributed by atoms with Gasteiger partial charge < -0.3 is 25.2 Å². The van der Waals surface area contributed by atoms with E-state index in [9.17, 15) is 18.0 Å². The van der Waals surface area contributed by atoms with Gasteiger partial charge in [0.1, 0.15) is 5.82 Å². The summed E-state index contributed by atoms with van der Waals surface area (Å²) in [6.07, 6.45) is -2.97. The van der Waals surface area contributed by atoms with E-state index >= 15 is 4.39 Å². The molecule has 3 aliphatic rings. The number of hydrogen-bond donors (Lipinski definition) is 2. The van der Waals surface area contributed by atoms with Gasteiger partial charge in [-0.15, -0.1) is 0 Å². The van der Waals surface area contributed by atoms with Crippen LogP contribution in [0.25, 0.3) is 11.1 Å². The second-order valence-electron chi connectivity index (χ2n) is 11.0. The third kappa shape index (κ3) is 6.69. The molecule has 0 radical (unpaired) electrons. The summed E-state index contributed by atoms with van der Waals surface area (Å²) >= 11 is 0. The number of nitrogens with one attached hydrogen (secondary N) is 2. The zero-order valence-electron chi connectivity index (χ0n) is 23.7. The molecular weight excluding hydrogens is 550 g/mol. The molecule has 2 aromatic rings. The first-order chi connectivity index (χ1) is 20.0. The molecular formula is C31H35F4N5O2. The fraction of sp³-hybridized carbons (Fsp3) is 0.387. The number of carbonyl (C=O) groups is 1. The number of likely N-dealkylation sites (N-methyl/N-ethyl adjacent to an activating group) is 1. The molecule has 2 saturated heterocycles. The average molecular weight is 586 g/mol. The highest BCUT2D eigenvalue weighted by Gasteiger charge is 2.40. The molecule has 42 heavy (non-hydrogen) atoms. The van der Waals surface area contributed by atoms with Crippen LogP contribution in [0.5, 0.6) is 0 Å². The standard InChI is InChI=1S/C31H35F4N5O2/c1-20-13-26(31(33,34)35)25(17-36-20)30(41)37-28-15-24(27(32)16-29(28)40-8-7-38(3)21(2)18-40)23-6-4-5-22(14-23)19-39-9-11-42-12-10-39/h4-6,13-17,21,36H,1,7-12,18-19H2,2-3H3,(H,37,41)/t21-/m1/s1. The predicted octanol–water partition coefficient (Wildman–Crippen LogP) is 4.89. The number of allylic oxidation sites excluding steroid dienone is 1. The van der Waals surface area contributed by atoms with Crippen LogP contribution >= 0.6 is 0 Å². The Morgan fingerprint density at radius 3 is 2.62 bits per heavy atom. The maximum Gasteiger partial charge on any atom is 0.417 e. The molecule has 0 aromatic heterocycles. The van der Waals surface area contributed by atoms with E-state index in [1.165, 1.54) is 12.1 Å². The van der Waals surface area contributed by atoms with Gasteiger partial charge in [0.25, 0.3) is 5.91 Å². The second kappa shape index (κ2) is 12.3. The molecule has 0 saturated carbocycles. The Hall–Kier alpha value is -3.67. The third-order valence-corrected chi connectivity index (χ3v) is 7.94. The monoisotopic (exact) mass is 585 g/mol. The van der Waals surface area contributed by atoms with Gasteiger partial charge in [-0.05, 0) is 49.4 Å². The largest absolute Gasteiger partial charge is 0.417 e. The number of morpholine rings is 1. The van der Waals surface area contributed by atoms with Crippen molar-refractivity contribution in [2.75, 3.05) is 63.2 Å². The van der Waals surface area contributed by atoms with E-state index in [1.54, 1.807) is 6.07 Å². The predicted molar refractivity (Wildman–Crippen MR) is 155 cm³/mol. The summed E-state index contributed by atoms with van der Waals surface area (Å²) in [5.41, 5.74) is 0.845. The highest BCUT2D eigenvalue weighted by Crippen LogP contribution is 2.38. The van der Waals surface area contributed by atoms with Crippen molar-refractivity contribution in [1.82, 2.24) is 15.1 Å². The van der Waals surface area contributed by atoms with Crippen molar-refractivity contribution in [1.29, 1.82) is 0 Å². The van der Waals surface area contributed by atoms with Gasteiger partial charge in [0.05, 0.1) is 35.7 Å². The van der Waals surface area contributed by atoms with Crippen molar-refractivity contribution in [3.8, 4) is 11.1 Å². The number of amides is 1. The van der Waals surface area contributed by atoms with Gasteiger partial charge in [-0.1, -0.05) is 24.8 Å². The summed E-state index contributed by atoms with van der Waals surface area (Å²) in [6.45, 7) is 11.0. The van der Waals surface area contributed by atoms with E-state index < -0.39 is 29.0 Å². The molecule has 0 aliphatic carbocycles. The minimum absolute atomic E-state index is 0.0204. The Labute approximate surface area is 243 Å². The van der Waals surface area contributed by atoms with Crippen LogP contribution in [0.4, 0.5) is 28.9 Å². The van der Waals surface area contributed by atoms with Gasteiger partial charge in [-0.25, -0.2) is 4.39 Å². The first-order valence-corrected chi connectivity index (χ1v) is 13.9. The summed E-state index contributed by atoms with van der Waals surface area (Å²) in [6, 6.07) is 10.6. The van der Waals surface area contributed by atoms with Gasteiger partial charge in [0.15, 0.2) is 0 Å². The Morgan fingerprint density at radius 1 is 1.14 bits per heavy atom. The van der Waals surface area contributed by atoms with Crippen molar-refractivity contribution in [3.63, 3.8) is 0 Å². The zero-order chi connectivity index (χ0) is 30.0. The lowest BCUT2D eigenvalue weighted by atomic mass is 9.99. The number of nitrogens with zero attached hydrogens (tertiary/aromatic N) is 3. The number of anilines is 2. The first kappa shape index (κ1) is 29.8. The van der Waals surface area contributed by atoms with Crippen molar-refractivity contribution < 1.29 is 27.1 Å². The molecule has 3 heterocycles. The van der Waals surface area contributed by atoms with E-state index in [2.05, 4.69) is 27.0 Å². The van der Waals surface area contributed by atoms with Crippen LogP contribution in [0.15, 0.2) is 72.1 Å². The minimum atomic E-state index is -4.77. The van der Waals surface area contributed by atoms with Crippen molar-refractivity contribution >= 4 is 17.3 Å². The summed E-state index contributed by atoms with van der Waals surface area (Å²) < 4.78 is 62.7. The van der Waals surface area contributed by atoms with E-state index in [-0.39, 0.29) is 23.0 Å². The normalized spacial score (nSPS) is 20.6. The molecule has 224 valence electrons.